The second-order valence-corrected chi connectivity index (χ2v) is 9.62. The Morgan fingerprint density at radius 2 is 1.74 bits per heavy atom. The molecule has 0 spiro atoms. The highest BCUT2D eigenvalue weighted by Gasteiger charge is 2.34. The molecule has 1 fully saturated rings. The Balaban J connectivity index is 1.38. The summed E-state index contributed by atoms with van der Waals surface area (Å²) in [6.07, 6.45) is 0.466. The summed E-state index contributed by atoms with van der Waals surface area (Å²) in [6.45, 7) is 6.68. The van der Waals surface area contributed by atoms with E-state index in [-0.39, 0.29) is 36.6 Å². The van der Waals surface area contributed by atoms with E-state index in [4.69, 9.17) is 10.5 Å². The number of aromatic amines is 1. The van der Waals surface area contributed by atoms with Crippen LogP contribution in [0, 0.1) is 5.92 Å². The van der Waals surface area contributed by atoms with Crippen LogP contribution in [-0.2, 0) is 29.1 Å². The number of nitrogens with two attached hydrogens (primary N) is 1. The van der Waals surface area contributed by atoms with Crippen LogP contribution in [-0.4, -0.2) is 44.7 Å². The van der Waals surface area contributed by atoms with Gasteiger partial charge in [0.05, 0.1) is 6.61 Å². The van der Waals surface area contributed by atoms with Crippen molar-refractivity contribution in [3.05, 3.63) is 93.7 Å². The summed E-state index contributed by atoms with van der Waals surface area (Å²) in [5.41, 5.74) is 6.62. The molecule has 3 aromatic rings. The van der Waals surface area contributed by atoms with Gasteiger partial charge in [-0.25, -0.2) is 0 Å². The average Bonchev–Trinajstić information content (AvgIpc) is 3.22. The standard InChI is InChI=1S/C27H33N5O3/c1-19-15-32(16-20-9-5-3-6-10-20)17-22(19)24-29-25(33)23(30-31-24)13-14-27(2,26(28)34)35-18-21-11-7-4-8-12-21/h3-12,19,22H,13-18H2,1-2H3,(H2,28,34)(H,29,31,33). The first-order valence-electron chi connectivity index (χ1n) is 12.0. The van der Waals surface area contributed by atoms with Gasteiger partial charge in [-0.05, 0) is 30.4 Å². The smallest absolute Gasteiger partial charge is 0.272 e. The van der Waals surface area contributed by atoms with Crippen molar-refractivity contribution in [2.45, 2.75) is 51.4 Å². The number of likely N-dealkylation sites (tertiary alicyclic amines) is 1. The molecule has 0 radical (unpaired) electrons. The first kappa shape index (κ1) is 24.8. The van der Waals surface area contributed by atoms with Crippen molar-refractivity contribution < 1.29 is 9.53 Å². The molecule has 0 aliphatic carbocycles. The second kappa shape index (κ2) is 10.9. The summed E-state index contributed by atoms with van der Waals surface area (Å²) in [5, 5.41) is 8.59. The fourth-order valence-corrected chi connectivity index (χ4v) is 4.54. The van der Waals surface area contributed by atoms with Crippen molar-refractivity contribution in [1.82, 2.24) is 20.1 Å². The number of hydrogen-bond donors (Lipinski definition) is 2. The highest BCUT2D eigenvalue weighted by molar-refractivity contribution is 5.83. The third-order valence-electron chi connectivity index (χ3n) is 6.83. The molecule has 0 saturated carbocycles. The molecule has 1 aliphatic rings. The number of carbonyl (C=O) groups excluding carboxylic acids is 1. The van der Waals surface area contributed by atoms with Crippen LogP contribution in [0.1, 0.15) is 48.8 Å². The first-order valence-corrected chi connectivity index (χ1v) is 12.0. The topological polar surface area (TPSA) is 114 Å². The number of nitrogens with one attached hydrogen (secondary N) is 1. The Labute approximate surface area is 205 Å². The summed E-state index contributed by atoms with van der Waals surface area (Å²) in [6, 6.07) is 19.9. The van der Waals surface area contributed by atoms with Gasteiger partial charge in [-0.15, -0.1) is 10.2 Å². The van der Waals surface area contributed by atoms with Crippen molar-refractivity contribution in [2.75, 3.05) is 13.1 Å². The number of benzene rings is 2. The minimum absolute atomic E-state index is 0.109. The Morgan fingerprint density at radius 3 is 2.37 bits per heavy atom. The van der Waals surface area contributed by atoms with Gasteiger partial charge in [0.2, 0.25) is 5.91 Å². The molecule has 1 saturated heterocycles. The van der Waals surface area contributed by atoms with Gasteiger partial charge in [0.15, 0.2) is 0 Å². The highest BCUT2D eigenvalue weighted by Crippen LogP contribution is 2.30. The molecular weight excluding hydrogens is 442 g/mol. The molecular formula is C27H33N5O3. The third-order valence-corrected chi connectivity index (χ3v) is 6.83. The zero-order chi connectivity index (χ0) is 24.8. The lowest BCUT2D eigenvalue weighted by atomic mass is 9.97. The number of aromatic nitrogens is 3. The first-order chi connectivity index (χ1) is 16.8. The number of primary amides is 1. The zero-order valence-electron chi connectivity index (χ0n) is 20.3. The minimum atomic E-state index is -1.22. The van der Waals surface area contributed by atoms with Crippen molar-refractivity contribution >= 4 is 5.91 Å². The largest absolute Gasteiger partial charge is 0.367 e. The van der Waals surface area contributed by atoms with Crippen LogP contribution >= 0.6 is 0 Å². The maximum absolute atomic E-state index is 12.8. The fraction of sp³-hybridized carbons (Fsp3) is 0.407. The van der Waals surface area contributed by atoms with Gasteiger partial charge in [-0.2, -0.15) is 0 Å². The Morgan fingerprint density at radius 1 is 1.09 bits per heavy atom. The van der Waals surface area contributed by atoms with Crippen LogP contribution in [0.5, 0.6) is 0 Å². The predicted molar refractivity (Wildman–Crippen MR) is 133 cm³/mol. The van der Waals surface area contributed by atoms with Gasteiger partial charge in [0, 0.05) is 32.0 Å². The van der Waals surface area contributed by atoms with Gasteiger partial charge >= 0.3 is 0 Å². The molecule has 8 nitrogen and oxygen atoms in total. The quantitative estimate of drug-likeness (QED) is 0.466. The Kier molecular flexibility index (Phi) is 7.73. The SMILES string of the molecule is CC1CN(Cc2ccccc2)CC1c1nnc(CCC(C)(OCc2ccccc2)C(N)=O)c(=O)[nH]1. The van der Waals surface area contributed by atoms with Crippen molar-refractivity contribution in [3.63, 3.8) is 0 Å². The van der Waals surface area contributed by atoms with Gasteiger partial charge in [-0.3, -0.25) is 14.5 Å². The van der Waals surface area contributed by atoms with Crippen molar-refractivity contribution in [2.24, 2.45) is 11.7 Å². The maximum Gasteiger partial charge on any atom is 0.272 e. The molecule has 3 atom stereocenters. The highest BCUT2D eigenvalue weighted by atomic mass is 16.5. The lowest BCUT2D eigenvalue weighted by Gasteiger charge is -2.26. The van der Waals surface area contributed by atoms with E-state index in [2.05, 4.69) is 39.1 Å². The Bertz CT molecular complexity index is 1180. The number of aryl methyl sites for hydroxylation is 1. The fourth-order valence-electron chi connectivity index (χ4n) is 4.54. The van der Waals surface area contributed by atoms with Crippen LogP contribution in [0.4, 0.5) is 0 Å². The molecule has 1 amide bonds. The van der Waals surface area contributed by atoms with E-state index in [1.165, 1.54) is 5.56 Å². The van der Waals surface area contributed by atoms with Crippen molar-refractivity contribution in [3.8, 4) is 0 Å². The normalized spacial score (nSPS) is 19.9. The molecule has 3 unspecified atom stereocenters. The number of carbonyl (C=O) groups is 1. The summed E-state index contributed by atoms with van der Waals surface area (Å²) in [4.78, 5) is 30.3. The van der Waals surface area contributed by atoms with Gasteiger partial charge < -0.3 is 15.5 Å². The summed E-state index contributed by atoms with van der Waals surface area (Å²) in [5.74, 6) is 0.490. The van der Waals surface area contributed by atoms with Gasteiger partial charge in [0.25, 0.3) is 5.56 Å². The summed E-state index contributed by atoms with van der Waals surface area (Å²) >= 11 is 0. The molecule has 8 heteroatoms. The van der Waals surface area contributed by atoms with E-state index >= 15 is 0 Å². The van der Waals surface area contributed by atoms with Gasteiger partial charge in [-0.1, -0.05) is 67.6 Å². The lowest BCUT2D eigenvalue weighted by Crippen LogP contribution is -2.44. The van der Waals surface area contributed by atoms with E-state index in [0.717, 1.165) is 25.2 Å². The van der Waals surface area contributed by atoms with E-state index < -0.39 is 11.5 Å². The molecule has 184 valence electrons. The predicted octanol–water partition coefficient (Wildman–Crippen LogP) is 2.79. The van der Waals surface area contributed by atoms with Crippen LogP contribution in [0.2, 0.25) is 0 Å². The van der Waals surface area contributed by atoms with E-state index in [0.29, 0.717) is 11.7 Å². The maximum atomic E-state index is 12.8. The number of amides is 1. The molecule has 1 aromatic heterocycles. The number of H-pyrrole nitrogens is 1. The summed E-state index contributed by atoms with van der Waals surface area (Å²) < 4.78 is 5.88. The monoisotopic (exact) mass is 475 g/mol. The number of rotatable bonds is 10. The van der Waals surface area contributed by atoms with E-state index in [1.54, 1.807) is 6.92 Å². The molecule has 0 bridgehead atoms. The molecule has 3 N–H and O–H groups in total. The average molecular weight is 476 g/mol. The minimum Gasteiger partial charge on any atom is -0.367 e. The molecule has 2 aromatic carbocycles. The molecule has 35 heavy (non-hydrogen) atoms. The number of nitrogens with zero attached hydrogens (tertiary/aromatic N) is 3. The van der Waals surface area contributed by atoms with Crippen molar-refractivity contribution in [1.29, 1.82) is 0 Å². The van der Waals surface area contributed by atoms with Gasteiger partial charge in [0.1, 0.15) is 17.1 Å². The second-order valence-electron chi connectivity index (χ2n) is 9.62. The number of hydrogen-bond acceptors (Lipinski definition) is 6. The van der Waals surface area contributed by atoms with Crippen LogP contribution in [0.3, 0.4) is 0 Å². The molecule has 1 aliphatic heterocycles. The lowest BCUT2D eigenvalue weighted by molar-refractivity contribution is -0.144. The summed E-state index contributed by atoms with van der Waals surface area (Å²) in [7, 11) is 0. The number of ether oxygens (including phenoxy) is 1. The Hall–Kier alpha value is -3.36. The van der Waals surface area contributed by atoms with E-state index in [9.17, 15) is 9.59 Å². The van der Waals surface area contributed by atoms with Crippen LogP contribution < -0.4 is 11.3 Å². The van der Waals surface area contributed by atoms with Crippen LogP contribution in [0.25, 0.3) is 0 Å². The zero-order valence-corrected chi connectivity index (χ0v) is 20.3. The van der Waals surface area contributed by atoms with E-state index in [1.807, 2.05) is 48.5 Å². The molecule has 4 rings (SSSR count). The van der Waals surface area contributed by atoms with Crippen LogP contribution in [0.15, 0.2) is 65.5 Å². The molecule has 2 heterocycles. The third kappa shape index (κ3) is 6.21.